The average Bonchev–Trinajstić information content (AvgIpc) is 2.32. The smallest absolute Gasteiger partial charge is 0.206 e. The first-order chi connectivity index (χ1) is 8.18. The predicted octanol–water partition coefficient (Wildman–Crippen LogP) is 1.93. The molecule has 1 nitrogen and oxygen atoms in total. The van der Waals surface area contributed by atoms with Gasteiger partial charge in [0.1, 0.15) is 11.0 Å². The summed E-state index contributed by atoms with van der Waals surface area (Å²) < 4.78 is 15.4. The minimum absolute atomic E-state index is 0.248. The number of benzene rings is 2. The number of fused-ring (bicyclic) bond motifs is 1. The Kier molecular flexibility index (Phi) is 2.26. The van der Waals surface area contributed by atoms with E-state index >= 15 is 0 Å². The second kappa shape index (κ2) is 3.67. The Bertz CT molecular complexity index is 734. The maximum atomic E-state index is 13.7. The SMILES string of the molecule is [CH2][N+]1=c2ccc(Cl)cc2=C1c1ccccc1F. The van der Waals surface area contributed by atoms with Crippen LogP contribution in [0.2, 0.25) is 5.02 Å². The molecular formula is C14H9ClFN+. The van der Waals surface area contributed by atoms with Crippen LogP contribution in [-0.2, 0) is 0 Å². The number of hydrogen-bond acceptors (Lipinski definition) is 0. The standard InChI is InChI=1S/C14H9ClFN/c1-17-13-7-6-9(15)8-11(13)14(17)10-4-2-3-5-12(10)16/h2-8H,1H2/q+1. The molecule has 0 saturated heterocycles. The molecule has 3 heteroatoms. The second-order valence-electron chi connectivity index (χ2n) is 3.92. The minimum Gasteiger partial charge on any atom is -0.206 e. The van der Waals surface area contributed by atoms with Gasteiger partial charge < -0.3 is 0 Å². The summed E-state index contributed by atoms with van der Waals surface area (Å²) in [5, 5.41) is 2.55. The maximum absolute atomic E-state index is 13.7. The molecule has 1 heterocycles. The van der Waals surface area contributed by atoms with Gasteiger partial charge in [-0.2, -0.15) is 4.58 Å². The molecular weight excluding hydrogens is 237 g/mol. The summed E-state index contributed by atoms with van der Waals surface area (Å²) in [6, 6.07) is 12.2. The summed E-state index contributed by atoms with van der Waals surface area (Å²) in [5.41, 5.74) is 1.33. The highest BCUT2D eigenvalue weighted by molar-refractivity contribution is 6.30. The molecule has 0 atom stereocenters. The van der Waals surface area contributed by atoms with Gasteiger partial charge in [0.05, 0.1) is 5.56 Å². The lowest BCUT2D eigenvalue weighted by molar-refractivity contribution is 0.620. The Morgan fingerprint density at radius 2 is 1.88 bits per heavy atom. The van der Waals surface area contributed by atoms with E-state index in [1.807, 2.05) is 18.2 Å². The minimum atomic E-state index is -0.248. The lowest BCUT2D eigenvalue weighted by Crippen LogP contribution is -2.49. The first kappa shape index (κ1) is 10.5. The first-order valence-electron chi connectivity index (χ1n) is 5.21. The van der Waals surface area contributed by atoms with Crippen LogP contribution < -0.4 is 15.2 Å². The van der Waals surface area contributed by atoms with Gasteiger partial charge in [0.2, 0.25) is 18.1 Å². The Balaban J connectivity index is 2.33. The molecule has 0 aromatic heterocycles. The fourth-order valence-corrected chi connectivity index (χ4v) is 2.26. The molecule has 83 valence electrons. The molecule has 0 bridgehead atoms. The molecule has 0 saturated carbocycles. The molecule has 1 aliphatic rings. The highest BCUT2D eigenvalue weighted by Gasteiger charge is 2.27. The number of hydrogen-bond donors (Lipinski definition) is 0. The zero-order valence-electron chi connectivity index (χ0n) is 8.95. The van der Waals surface area contributed by atoms with Gasteiger partial charge >= 0.3 is 0 Å². The maximum Gasteiger partial charge on any atom is 0.230 e. The highest BCUT2D eigenvalue weighted by atomic mass is 35.5. The molecule has 0 spiro atoms. The number of nitrogens with zero attached hydrogens (tertiary/aromatic N) is 1. The normalized spacial score (nSPS) is 13.4. The van der Waals surface area contributed by atoms with Crippen molar-refractivity contribution in [2.75, 3.05) is 0 Å². The second-order valence-corrected chi connectivity index (χ2v) is 4.35. The van der Waals surface area contributed by atoms with Crippen LogP contribution in [0.5, 0.6) is 0 Å². The van der Waals surface area contributed by atoms with Gasteiger partial charge in [-0.1, -0.05) is 23.7 Å². The summed E-state index contributed by atoms with van der Waals surface area (Å²) in [6.07, 6.45) is 0. The fourth-order valence-electron chi connectivity index (χ4n) is 2.09. The molecule has 1 radical (unpaired) electrons. The van der Waals surface area contributed by atoms with Gasteiger partial charge in [-0.25, -0.2) is 4.39 Å². The van der Waals surface area contributed by atoms with E-state index in [2.05, 4.69) is 7.05 Å². The van der Waals surface area contributed by atoms with E-state index in [0.717, 1.165) is 16.3 Å². The largest absolute Gasteiger partial charge is 0.230 e. The van der Waals surface area contributed by atoms with Crippen LogP contribution in [0, 0.1) is 12.9 Å². The molecule has 0 fully saturated rings. The molecule has 2 aromatic carbocycles. The quantitative estimate of drug-likeness (QED) is 0.676. The van der Waals surface area contributed by atoms with Crippen LogP contribution in [0.1, 0.15) is 5.56 Å². The van der Waals surface area contributed by atoms with Crippen LogP contribution in [0.3, 0.4) is 0 Å². The number of rotatable bonds is 1. The van der Waals surface area contributed by atoms with Crippen LogP contribution in [0.4, 0.5) is 4.39 Å². The van der Waals surface area contributed by atoms with E-state index in [9.17, 15) is 4.39 Å². The van der Waals surface area contributed by atoms with Crippen molar-refractivity contribution in [3.05, 3.63) is 76.5 Å². The van der Waals surface area contributed by atoms with Gasteiger partial charge in [-0.3, -0.25) is 0 Å². The van der Waals surface area contributed by atoms with Gasteiger partial charge in [-0.15, -0.1) is 0 Å². The zero-order valence-corrected chi connectivity index (χ0v) is 9.71. The molecule has 0 N–H and O–H groups in total. The van der Waals surface area contributed by atoms with Gasteiger partial charge in [0, 0.05) is 11.1 Å². The average molecular weight is 246 g/mol. The lowest BCUT2D eigenvalue weighted by Gasteiger charge is -2.10. The monoisotopic (exact) mass is 245 g/mol. The molecule has 0 unspecified atom stereocenters. The van der Waals surface area contributed by atoms with Crippen molar-refractivity contribution in [2.24, 2.45) is 0 Å². The van der Waals surface area contributed by atoms with Crippen LogP contribution in [0.25, 0.3) is 5.70 Å². The van der Waals surface area contributed by atoms with Crippen molar-refractivity contribution in [2.45, 2.75) is 0 Å². The fraction of sp³-hybridized carbons (Fsp3) is 0. The highest BCUT2D eigenvalue weighted by Crippen LogP contribution is 2.17. The molecule has 17 heavy (non-hydrogen) atoms. The summed E-state index contributed by atoms with van der Waals surface area (Å²) in [5.74, 6) is -0.248. The van der Waals surface area contributed by atoms with Crippen molar-refractivity contribution >= 4 is 17.3 Å². The Hall–Kier alpha value is -1.67. The van der Waals surface area contributed by atoms with E-state index < -0.39 is 0 Å². The van der Waals surface area contributed by atoms with Gasteiger partial charge in [0.25, 0.3) is 0 Å². The van der Waals surface area contributed by atoms with Crippen molar-refractivity contribution < 1.29 is 4.39 Å². The summed E-state index contributed by atoms with van der Waals surface area (Å²) >= 11 is 5.95. The third-order valence-electron chi connectivity index (χ3n) is 2.90. The van der Waals surface area contributed by atoms with Crippen LogP contribution in [-0.4, -0.2) is 0 Å². The Morgan fingerprint density at radius 1 is 1.12 bits per heavy atom. The first-order valence-corrected chi connectivity index (χ1v) is 5.58. The molecule has 2 aromatic rings. The van der Waals surface area contributed by atoms with Crippen LogP contribution in [0.15, 0.2) is 42.5 Å². The summed E-state index contributed by atoms with van der Waals surface area (Å²) in [4.78, 5) is 0. The summed E-state index contributed by atoms with van der Waals surface area (Å²) in [6.45, 7) is 0. The van der Waals surface area contributed by atoms with Crippen molar-refractivity contribution in [1.29, 1.82) is 0 Å². The molecule has 0 aliphatic carbocycles. The van der Waals surface area contributed by atoms with Crippen LogP contribution >= 0.6 is 11.6 Å². The third-order valence-corrected chi connectivity index (χ3v) is 3.14. The van der Waals surface area contributed by atoms with Crippen molar-refractivity contribution in [1.82, 2.24) is 4.58 Å². The lowest BCUT2D eigenvalue weighted by atomic mass is 10.0. The molecule has 1 aliphatic heterocycles. The van der Waals surface area contributed by atoms with Gasteiger partial charge in [-0.05, 0) is 24.3 Å². The molecule has 0 amide bonds. The number of halogens is 2. The van der Waals surface area contributed by atoms with E-state index in [1.54, 1.807) is 22.8 Å². The van der Waals surface area contributed by atoms with Crippen molar-refractivity contribution in [3.8, 4) is 0 Å². The van der Waals surface area contributed by atoms with Crippen molar-refractivity contribution in [3.63, 3.8) is 0 Å². The van der Waals surface area contributed by atoms with E-state index in [0.29, 0.717) is 10.6 Å². The van der Waals surface area contributed by atoms with E-state index in [4.69, 9.17) is 11.6 Å². The predicted molar refractivity (Wildman–Crippen MR) is 66.2 cm³/mol. The third kappa shape index (κ3) is 1.48. The van der Waals surface area contributed by atoms with E-state index in [1.165, 1.54) is 6.07 Å². The summed E-state index contributed by atoms with van der Waals surface area (Å²) in [7, 11) is 3.90. The Morgan fingerprint density at radius 3 is 2.65 bits per heavy atom. The molecule has 3 rings (SSSR count). The zero-order chi connectivity index (χ0) is 12.0. The van der Waals surface area contributed by atoms with Gasteiger partial charge in [0.15, 0.2) is 0 Å². The Labute approximate surface area is 103 Å². The van der Waals surface area contributed by atoms with E-state index in [-0.39, 0.29) is 5.82 Å². The topological polar surface area (TPSA) is 3.01 Å².